The Labute approximate surface area is 140 Å². The lowest BCUT2D eigenvalue weighted by Crippen LogP contribution is -2.36. The molecule has 0 bridgehead atoms. The number of aromatic carboxylic acids is 1. The van der Waals surface area contributed by atoms with Crippen molar-refractivity contribution >= 4 is 17.6 Å². The number of hydrogen-bond acceptors (Lipinski definition) is 3. The molecule has 0 fully saturated rings. The largest absolute Gasteiger partial charge is 0.478 e. The summed E-state index contributed by atoms with van der Waals surface area (Å²) in [6.07, 6.45) is -0.152. The van der Waals surface area contributed by atoms with E-state index < -0.39 is 18.1 Å². The van der Waals surface area contributed by atoms with E-state index in [1.807, 2.05) is 6.92 Å². The fourth-order valence-electron chi connectivity index (χ4n) is 2.52. The Kier molecular flexibility index (Phi) is 5.77. The van der Waals surface area contributed by atoms with Crippen molar-refractivity contribution in [1.82, 2.24) is 0 Å². The van der Waals surface area contributed by atoms with E-state index in [0.29, 0.717) is 17.0 Å². The minimum atomic E-state index is -0.947. The lowest BCUT2D eigenvalue weighted by Gasteiger charge is -2.25. The summed E-state index contributed by atoms with van der Waals surface area (Å²) in [4.78, 5) is 10.9. The summed E-state index contributed by atoms with van der Waals surface area (Å²) in [6, 6.07) is 13.3. The number of aliphatic hydroxyl groups is 1. The van der Waals surface area contributed by atoms with Crippen molar-refractivity contribution in [3.63, 3.8) is 0 Å². The summed E-state index contributed by atoms with van der Waals surface area (Å²) in [6.45, 7) is 1.96. The smallest absolute Gasteiger partial charge is 0.335 e. The number of halogens is 1. The molecule has 0 heterocycles. The van der Waals surface area contributed by atoms with Gasteiger partial charge in [0.05, 0.1) is 11.7 Å². The van der Waals surface area contributed by atoms with Gasteiger partial charge in [0.1, 0.15) is 0 Å². The van der Waals surface area contributed by atoms with Gasteiger partial charge in [-0.3, -0.25) is 0 Å². The SMILES string of the molecule is CC(Cc1ccc(C(=O)O)cc1)[C@@H](N)[C@H](O)c1cccc(Cl)c1. The molecule has 2 rings (SSSR count). The van der Waals surface area contributed by atoms with Gasteiger partial charge in [-0.15, -0.1) is 0 Å². The summed E-state index contributed by atoms with van der Waals surface area (Å²) >= 11 is 5.94. The molecule has 0 saturated carbocycles. The number of carboxylic acid groups (broad SMARTS) is 1. The molecule has 5 heteroatoms. The standard InChI is InChI=1S/C18H20ClNO3/c1-11(9-12-5-7-13(8-6-12)18(22)23)16(20)17(21)14-3-2-4-15(19)10-14/h2-8,10-11,16-17,21H,9,20H2,1H3,(H,22,23)/t11?,16-,17-/m1/s1. The minimum absolute atomic E-state index is 0.0136. The molecule has 0 aliphatic heterocycles. The van der Waals surface area contributed by atoms with Gasteiger partial charge in [-0.2, -0.15) is 0 Å². The number of rotatable bonds is 6. The Hall–Kier alpha value is -1.88. The van der Waals surface area contributed by atoms with Gasteiger partial charge >= 0.3 is 5.97 Å². The van der Waals surface area contributed by atoms with Gasteiger partial charge in [0.2, 0.25) is 0 Å². The van der Waals surface area contributed by atoms with E-state index in [2.05, 4.69) is 0 Å². The maximum Gasteiger partial charge on any atom is 0.335 e. The summed E-state index contributed by atoms with van der Waals surface area (Å²) in [7, 11) is 0. The van der Waals surface area contributed by atoms with Crippen molar-refractivity contribution in [2.75, 3.05) is 0 Å². The van der Waals surface area contributed by atoms with E-state index in [4.69, 9.17) is 22.4 Å². The second kappa shape index (κ2) is 7.59. The van der Waals surface area contributed by atoms with Crippen LogP contribution < -0.4 is 5.73 Å². The third kappa shape index (κ3) is 4.55. The molecule has 4 N–H and O–H groups in total. The van der Waals surface area contributed by atoms with Crippen LogP contribution in [0.25, 0.3) is 0 Å². The first-order chi connectivity index (χ1) is 10.9. The Balaban J connectivity index is 2.04. The third-order valence-electron chi connectivity index (χ3n) is 3.97. The monoisotopic (exact) mass is 333 g/mol. The second-order valence-corrected chi connectivity index (χ2v) is 6.20. The highest BCUT2D eigenvalue weighted by molar-refractivity contribution is 6.30. The molecule has 1 unspecified atom stereocenters. The first kappa shape index (κ1) is 17.5. The first-order valence-corrected chi connectivity index (χ1v) is 7.77. The average molecular weight is 334 g/mol. The zero-order valence-corrected chi connectivity index (χ0v) is 13.6. The van der Waals surface area contributed by atoms with E-state index in [0.717, 1.165) is 5.56 Å². The molecule has 0 aliphatic carbocycles. The molecule has 3 atom stereocenters. The van der Waals surface area contributed by atoms with Gasteiger partial charge in [0, 0.05) is 11.1 Å². The first-order valence-electron chi connectivity index (χ1n) is 7.40. The maximum absolute atomic E-state index is 10.9. The van der Waals surface area contributed by atoms with Crippen LogP contribution in [0.3, 0.4) is 0 Å². The van der Waals surface area contributed by atoms with Crippen molar-refractivity contribution in [2.45, 2.75) is 25.5 Å². The molecule has 0 aliphatic rings. The summed E-state index contributed by atoms with van der Waals surface area (Å²) < 4.78 is 0. The third-order valence-corrected chi connectivity index (χ3v) is 4.21. The molecular weight excluding hydrogens is 314 g/mol. The van der Waals surface area contributed by atoms with Gasteiger partial charge < -0.3 is 15.9 Å². The molecule has 0 saturated heterocycles. The predicted molar refractivity (Wildman–Crippen MR) is 90.7 cm³/mol. The molecule has 0 radical (unpaired) electrons. The Bertz CT molecular complexity index is 672. The van der Waals surface area contributed by atoms with Gasteiger partial charge in [-0.1, -0.05) is 42.8 Å². The molecule has 4 nitrogen and oxygen atoms in total. The highest BCUT2D eigenvalue weighted by atomic mass is 35.5. The van der Waals surface area contributed by atoms with E-state index >= 15 is 0 Å². The lowest BCUT2D eigenvalue weighted by molar-refractivity contribution is 0.0697. The second-order valence-electron chi connectivity index (χ2n) is 5.76. The summed E-state index contributed by atoms with van der Waals surface area (Å²) in [5, 5.41) is 19.9. The van der Waals surface area contributed by atoms with Crippen LogP contribution in [-0.2, 0) is 6.42 Å². The fourth-order valence-corrected chi connectivity index (χ4v) is 2.71. The van der Waals surface area contributed by atoms with E-state index in [1.54, 1.807) is 48.5 Å². The number of hydrogen-bond donors (Lipinski definition) is 3. The van der Waals surface area contributed by atoms with Gasteiger partial charge in [0.25, 0.3) is 0 Å². The molecule has 0 aromatic heterocycles. The molecule has 0 spiro atoms. The molecule has 2 aromatic rings. The van der Waals surface area contributed by atoms with Crippen molar-refractivity contribution in [3.05, 3.63) is 70.2 Å². The minimum Gasteiger partial charge on any atom is -0.478 e. The van der Waals surface area contributed by atoms with Gasteiger partial charge in [-0.25, -0.2) is 4.79 Å². The van der Waals surface area contributed by atoms with E-state index in [9.17, 15) is 9.90 Å². The van der Waals surface area contributed by atoms with Crippen molar-refractivity contribution < 1.29 is 15.0 Å². The molecule has 0 amide bonds. The Morgan fingerprint density at radius 3 is 2.43 bits per heavy atom. The number of carboxylic acids is 1. The van der Waals surface area contributed by atoms with Crippen LogP contribution in [0.2, 0.25) is 5.02 Å². The van der Waals surface area contributed by atoms with E-state index in [1.165, 1.54) is 0 Å². The van der Waals surface area contributed by atoms with Crippen LogP contribution in [0.5, 0.6) is 0 Å². The molecular formula is C18H20ClNO3. The van der Waals surface area contributed by atoms with Gasteiger partial charge in [0.15, 0.2) is 0 Å². The van der Waals surface area contributed by atoms with Crippen LogP contribution in [0.1, 0.15) is 34.5 Å². The number of carbonyl (C=O) groups is 1. The average Bonchev–Trinajstić information content (AvgIpc) is 2.54. The van der Waals surface area contributed by atoms with Crippen molar-refractivity contribution in [2.24, 2.45) is 11.7 Å². The topological polar surface area (TPSA) is 83.5 Å². The number of aliphatic hydroxyl groups excluding tert-OH is 1. The zero-order chi connectivity index (χ0) is 17.0. The Morgan fingerprint density at radius 2 is 1.87 bits per heavy atom. The van der Waals surface area contributed by atoms with Crippen molar-refractivity contribution in [3.8, 4) is 0 Å². The van der Waals surface area contributed by atoms with Crippen LogP contribution >= 0.6 is 11.6 Å². The van der Waals surface area contributed by atoms with Crippen LogP contribution in [0.4, 0.5) is 0 Å². The number of benzene rings is 2. The Morgan fingerprint density at radius 1 is 1.22 bits per heavy atom. The quantitative estimate of drug-likeness (QED) is 0.757. The highest BCUT2D eigenvalue weighted by Gasteiger charge is 2.23. The van der Waals surface area contributed by atoms with Crippen LogP contribution in [0.15, 0.2) is 48.5 Å². The normalized spacial score (nSPS) is 15.0. The van der Waals surface area contributed by atoms with Crippen molar-refractivity contribution in [1.29, 1.82) is 0 Å². The highest BCUT2D eigenvalue weighted by Crippen LogP contribution is 2.25. The molecule has 122 valence electrons. The van der Waals surface area contributed by atoms with Crippen LogP contribution in [0, 0.1) is 5.92 Å². The lowest BCUT2D eigenvalue weighted by atomic mass is 9.88. The summed E-state index contributed by atoms with van der Waals surface area (Å²) in [5.41, 5.74) is 8.11. The predicted octanol–water partition coefficient (Wildman–Crippen LogP) is 3.28. The maximum atomic E-state index is 10.9. The van der Waals surface area contributed by atoms with Crippen LogP contribution in [-0.4, -0.2) is 22.2 Å². The molecule has 2 aromatic carbocycles. The van der Waals surface area contributed by atoms with Gasteiger partial charge in [-0.05, 0) is 47.7 Å². The van der Waals surface area contributed by atoms with E-state index in [-0.39, 0.29) is 11.5 Å². The number of nitrogens with two attached hydrogens (primary N) is 1. The summed E-state index contributed by atoms with van der Waals surface area (Å²) in [5.74, 6) is -0.933. The molecule has 23 heavy (non-hydrogen) atoms. The fraction of sp³-hybridized carbons (Fsp3) is 0.278. The zero-order valence-electron chi connectivity index (χ0n) is 12.8.